The molecule has 0 atom stereocenters. The average Bonchev–Trinajstić information content (AvgIpc) is 2.88. The number of nitrogens with one attached hydrogen (secondary N) is 3. The molecule has 6 nitrogen and oxygen atoms in total. The van der Waals surface area contributed by atoms with Crippen LogP contribution in [0.5, 0.6) is 0 Å². The standard InChI is InChI=1S/C17H21Cl2N5O.HI/c1-20-17(22-10-13-8-14(18)16(19)24(13)2)23-11-15(25)21-9-12-6-4-3-5-7-12;/h3-8H,9-11H2,1-2H3,(H,21,25)(H2,20,22,23);1H. The van der Waals surface area contributed by atoms with E-state index < -0.39 is 0 Å². The number of hydrogen-bond donors (Lipinski definition) is 3. The summed E-state index contributed by atoms with van der Waals surface area (Å²) in [4.78, 5) is 16.0. The lowest BCUT2D eigenvalue weighted by Crippen LogP contribution is -2.42. The SMILES string of the molecule is CN=C(NCC(=O)NCc1ccccc1)NCc1cc(Cl)c(Cl)n1C.I. The van der Waals surface area contributed by atoms with Gasteiger partial charge in [-0.15, -0.1) is 24.0 Å². The summed E-state index contributed by atoms with van der Waals surface area (Å²) in [5.41, 5.74) is 1.96. The minimum Gasteiger partial charge on any atom is -0.351 e. The molecular weight excluding hydrogens is 488 g/mol. The van der Waals surface area contributed by atoms with Gasteiger partial charge in [0.05, 0.1) is 18.1 Å². The lowest BCUT2D eigenvalue weighted by molar-refractivity contribution is -0.120. The molecule has 1 aromatic carbocycles. The van der Waals surface area contributed by atoms with Crippen molar-refractivity contribution in [1.82, 2.24) is 20.5 Å². The average molecular weight is 510 g/mol. The van der Waals surface area contributed by atoms with Gasteiger partial charge in [0.1, 0.15) is 5.15 Å². The van der Waals surface area contributed by atoms with E-state index in [4.69, 9.17) is 23.2 Å². The van der Waals surface area contributed by atoms with Crippen molar-refractivity contribution >= 4 is 59.0 Å². The Morgan fingerprint density at radius 1 is 1.12 bits per heavy atom. The number of halogens is 3. The molecule has 1 aromatic heterocycles. The maximum atomic E-state index is 11.9. The summed E-state index contributed by atoms with van der Waals surface area (Å²) in [5, 5.41) is 9.93. The quantitative estimate of drug-likeness (QED) is 0.318. The molecule has 0 unspecified atom stereocenters. The van der Waals surface area contributed by atoms with E-state index in [1.807, 2.05) is 37.4 Å². The first kappa shape index (κ1) is 22.6. The summed E-state index contributed by atoms with van der Waals surface area (Å²) >= 11 is 12.0. The van der Waals surface area contributed by atoms with Crippen molar-refractivity contribution in [3.63, 3.8) is 0 Å². The van der Waals surface area contributed by atoms with Crippen molar-refractivity contribution < 1.29 is 4.79 Å². The number of carbonyl (C=O) groups excluding carboxylic acids is 1. The number of guanidine groups is 1. The molecule has 0 aliphatic heterocycles. The molecule has 0 radical (unpaired) electrons. The predicted octanol–water partition coefficient (Wildman–Crippen LogP) is 2.93. The third kappa shape index (κ3) is 6.69. The van der Waals surface area contributed by atoms with Crippen LogP contribution in [0.4, 0.5) is 0 Å². The van der Waals surface area contributed by atoms with Crippen LogP contribution in [0.1, 0.15) is 11.3 Å². The summed E-state index contributed by atoms with van der Waals surface area (Å²) in [6.45, 7) is 1.10. The van der Waals surface area contributed by atoms with Gasteiger partial charge >= 0.3 is 0 Å². The zero-order chi connectivity index (χ0) is 18.2. The van der Waals surface area contributed by atoms with E-state index in [2.05, 4.69) is 20.9 Å². The van der Waals surface area contributed by atoms with Gasteiger partial charge in [-0.2, -0.15) is 0 Å². The van der Waals surface area contributed by atoms with E-state index in [1.165, 1.54) is 0 Å². The van der Waals surface area contributed by atoms with Crippen molar-refractivity contribution in [2.45, 2.75) is 13.1 Å². The van der Waals surface area contributed by atoms with Gasteiger partial charge in [0.25, 0.3) is 0 Å². The van der Waals surface area contributed by atoms with E-state index in [-0.39, 0.29) is 36.4 Å². The molecule has 3 N–H and O–H groups in total. The minimum absolute atomic E-state index is 0. The number of benzene rings is 1. The van der Waals surface area contributed by atoms with Crippen LogP contribution in [0.3, 0.4) is 0 Å². The molecule has 0 spiro atoms. The predicted molar refractivity (Wildman–Crippen MR) is 117 cm³/mol. The summed E-state index contributed by atoms with van der Waals surface area (Å²) < 4.78 is 1.79. The lowest BCUT2D eigenvalue weighted by atomic mass is 10.2. The smallest absolute Gasteiger partial charge is 0.239 e. The number of carbonyl (C=O) groups is 1. The van der Waals surface area contributed by atoms with Crippen LogP contribution >= 0.6 is 47.2 Å². The van der Waals surface area contributed by atoms with Crippen molar-refractivity contribution in [3.8, 4) is 0 Å². The fraction of sp³-hybridized carbons (Fsp3) is 0.294. The largest absolute Gasteiger partial charge is 0.351 e. The highest BCUT2D eigenvalue weighted by Crippen LogP contribution is 2.24. The fourth-order valence-electron chi connectivity index (χ4n) is 2.18. The highest BCUT2D eigenvalue weighted by Gasteiger charge is 2.09. The molecular formula is C17H22Cl2IN5O. The van der Waals surface area contributed by atoms with Crippen molar-refractivity contribution in [1.29, 1.82) is 0 Å². The Hall–Kier alpha value is -1.45. The van der Waals surface area contributed by atoms with Crippen molar-refractivity contribution in [2.24, 2.45) is 12.0 Å². The fourth-order valence-corrected chi connectivity index (χ4v) is 2.59. The zero-order valence-electron chi connectivity index (χ0n) is 14.6. The second kappa shape index (κ2) is 11.3. The Morgan fingerprint density at radius 3 is 2.38 bits per heavy atom. The molecule has 0 bridgehead atoms. The molecule has 0 fully saturated rings. The normalized spacial score (nSPS) is 10.8. The van der Waals surface area contributed by atoms with Crippen LogP contribution in [-0.2, 0) is 24.9 Å². The van der Waals surface area contributed by atoms with Crippen LogP contribution in [0.15, 0.2) is 41.4 Å². The first-order chi connectivity index (χ1) is 12.0. The molecule has 9 heteroatoms. The van der Waals surface area contributed by atoms with E-state index in [9.17, 15) is 4.79 Å². The van der Waals surface area contributed by atoms with Gasteiger partial charge in [-0.05, 0) is 11.6 Å². The molecule has 0 saturated carbocycles. The highest BCUT2D eigenvalue weighted by atomic mass is 127. The third-order valence-electron chi connectivity index (χ3n) is 3.63. The van der Waals surface area contributed by atoms with Gasteiger partial charge in [0.2, 0.25) is 5.91 Å². The van der Waals surface area contributed by atoms with Gasteiger partial charge in [0, 0.05) is 26.3 Å². The number of aliphatic imine (C=N–C) groups is 1. The number of rotatable bonds is 6. The topological polar surface area (TPSA) is 70.4 Å². The van der Waals surface area contributed by atoms with Gasteiger partial charge in [0.15, 0.2) is 5.96 Å². The summed E-state index contributed by atoms with van der Waals surface area (Å²) in [6.07, 6.45) is 0. The molecule has 0 aliphatic carbocycles. The zero-order valence-corrected chi connectivity index (χ0v) is 18.4. The van der Waals surface area contributed by atoms with E-state index in [0.717, 1.165) is 11.3 Å². The Kier molecular flexibility index (Phi) is 9.82. The van der Waals surface area contributed by atoms with Gasteiger partial charge < -0.3 is 20.5 Å². The second-order valence-electron chi connectivity index (χ2n) is 5.38. The van der Waals surface area contributed by atoms with E-state index in [1.54, 1.807) is 17.7 Å². The number of nitrogens with zero attached hydrogens (tertiary/aromatic N) is 2. The number of amides is 1. The van der Waals surface area contributed by atoms with Gasteiger partial charge in [-0.3, -0.25) is 9.79 Å². The van der Waals surface area contributed by atoms with Crippen molar-refractivity contribution in [2.75, 3.05) is 13.6 Å². The van der Waals surface area contributed by atoms with E-state index >= 15 is 0 Å². The second-order valence-corrected chi connectivity index (χ2v) is 6.14. The monoisotopic (exact) mass is 509 g/mol. The molecule has 2 aromatic rings. The Morgan fingerprint density at radius 2 is 1.81 bits per heavy atom. The summed E-state index contributed by atoms with van der Waals surface area (Å²) in [7, 11) is 3.47. The van der Waals surface area contributed by atoms with E-state index in [0.29, 0.717) is 29.2 Å². The molecule has 0 aliphatic rings. The lowest BCUT2D eigenvalue weighted by Gasteiger charge is -2.12. The van der Waals surface area contributed by atoms with Crippen LogP contribution in [-0.4, -0.2) is 30.0 Å². The third-order valence-corrected chi connectivity index (χ3v) is 4.47. The molecule has 1 heterocycles. The van der Waals surface area contributed by atoms with Crippen LogP contribution < -0.4 is 16.0 Å². The summed E-state index contributed by atoms with van der Waals surface area (Å²) in [5.74, 6) is 0.403. The Balaban J connectivity index is 0.00000338. The molecule has 1 amide bonds. The Labute approximate surface area is 180 Å². The molecule has 2 rings (SSSR count). The van der Waals surface area contributed by atoms with Crippen molar-refractivity contribution in [3.05, 3.63) is 57.8 Å². The van der Waals surface area contributed by atoms with Crippen LogP contribution in [0, 0.1) is 0 Å². The first-order valence-corrected chi connectivity index (χ1v) is 8.51. The van der Waals surface area contributed by atoms with Crippen LogP contribution in [0.2, 0.25) is 10.2 Å². The maximum absolute atomic E-state index is 11.9. The minimum atomic E-state index is -0.114. The molecule has 0 saturated heterocycles. The highest BCUT2D eigenvalue weighted by molar-refractivity contribution is 14.0. The Bertz CT molecular complexity index is 749. The molecule has 142 valence electrons. The summed E-state index contributed by atoms with van der Waals surface area (Å²) in [6, 6.07) is 11.5. The van der Waals surface area contributed by atoms with Gasteiger partial charge in [-0.1, -0.05) is 53.5 Å². The number of aromatic nitrogens is 1. The first-order valence-electron chi connectivity index (χ1n) is 7.76. The number of hydrogen-bond acceptors (Lipinski definition) is 2. The maximum Gasteiger partial charge on any atom is 0.239 e. The van der Waals surface area contributed by atoms with Gasteiger partial charge in [-0.25, -0.2) is 0 Å². The molecule has 26 heavy (non-hydrogen) atoms. The van der Waals surface area contributed by atoms with Crippen LogP contribution in [0.25, 0.3) is 0 Å².